The predicted octanol–water partition coefficient (Wildman–Crippen LogP) is 3.11. The van der Waals surface area contributed by atoms with E-state index in [-0.39, 0.29) is 23.5 Å². The number of rotatable bonds is 3. The lowest BCUT2D eigenvalue weighted by atomic mass is 9.94. The number of nitrogens with two attached hydrogens (primary N) is 1. The minimum Gasteiger partial charge on any atom is -0.490 e. The Morgan fingerprint density at radius 3 is 2.43 bits per heavy atom. The molecule has 1 aromatic rings. The monoisotopic (exact) mass is 300 g/mol. The fraction of sp³-hybridized carbons (Fsp3) is 0.500. The van der Waals surface area contributed by atoms with Gasteiger partial charge in [-0.3, -0.25) is 0 Å². The van der Waals surface area contributed by atoms with Crippen LogP contribution in [0.1, 0.15) is 31.2 Å². The van der Waals surface area contributed by atoms with Crippen LogP contribution in [0.15, 0.2) is 18.2 Å². The number of benzene rings is 1. The fourth-order valence-electron chi connectivity index (χ4n) is 2.28. The normalized spacial score (nSPS) is 22.4. The SMILES string of the molecule is N#Cc1ccc(OC2CCC(N)CC2)cc1OC(F)(F)F. The van der Waals surface area contributed by atoms with Crippen LogP contribution < -0.4 is 15.2 Å². The molecular formula is C14H15F3N2O2. The number of halogens is 3. The van der Waals surface area contributed by atoms with Crippen LogP contribution >= 0.6 is 0 Å². The molecule has 0 bridgehead atoms. The van der Waals surface area contributed by atoms with E-state index in [4.69, 9.17) is 15.7 Å². The summed E-state index contributed by atoms with van der Waals surface area (Å²) >= 11 is 0. The van der Waals surface area contributed by atoms with Crippen LogP contribution in [-0.2, 0) is 0 Å². The van der Waals surface area contributed by atoms with Gasteiger partial charge in [0.25, 0.3) is 0 Å². The van der Waals surface area contributed by atoms with Crippen molar-refractivity contribution in [1.82, 2.24) is 0 Å². The van der Waals surface area contributed by atoms with E-state index in [9.17, 15) is 13.2 Å². The molecule has 1 aliphatic rings. The summed E-state index contributed by atoms with van der Waals surface area (Å²) in [5.74, 6) is -0.288. The zero-order chi connectivity index (χ0) is 15.5. The molecule has 0 saturated heterocycles. The third-order valence-corrected chi connectivity index (χ3v) is 3.32. The lowest BCUT2D eigenvalue weighted by Crippen LogP contribution is -2.31. The van der Waals surface area contributed by atoms with E-state index in [1.807, 2.05) is 0 Å². The van der Waals surface area contributed by atoms with Crippen molar-refractivity contribution in [2.75, 3.05) is 0 Å². The molecule has 0 atom stereocenters. The van der Waals surface area contributed by atoms with Gasteiger partial charge < -0.3 is 15.2 Å². The van der Waals surface area contributed by atoms with Gasteiger partial charge in [0.1, 0.15) is 11.8 Å². The van der Waals surface area contributed by atoms with Crippen molar-refractivity contribution >= 4 is 0 Å². The Hall–Kier alpha value is -1.94. The maximum atomic E-state index is 12.3. The molecule has 1 aliphatic carbocycles. The molecule has 1 fully saturated rings. The Morgan fingerprint density at radius 2 is 1.86 bits per heavy atom. The Kier molecular flexibility index (Phi) is 4.58. The van der Waals surface area contributed by atoms with Crippen molar-refractivity contribution in [1.29, 1.82) is 5.26 Å². The summed E-state index contributed by atoms with van der Waals surface area (Å²) in [4.78, 5) is 0. The average Bonchev–Trinajstić information content (AvgIpc) is 2.40. The molecule has 2 N–H and O–H groups in total. The largest absolute Gasteiger partial charge is 0.573 e. The summed E-state index contributed by atoms with van der Waals surface area (Å²) in [5.41, 5.74) is 5.60. The summed E-state index contributed by atoms with van der Waals surface area (Å²) in [6.07, 6.45) is -1.74. The zero-order valence-electron chi connectivity index (χ0n) is 11.2. The van der Waals surface area contributed by atoms with Crippen molar-refractivity contribution in [3.8, 4) is 17.6 Å². The number of alkyl halides is 3. The highest BCUT2D eigenvalue weighted by Gasteiger charge is 2.32. The van der Waals surface area contributed by atoms with Crippen LogP contribution in [0.25, 0.3) is 0 Å². The Bertz CT molecular complexity index is 532. The quantitative estimate of drug-likeness (QED) is 0.931. The standard InChI is InChI=1S/C14H15F3N2O2/c15-14(16,17)21-13-7-12(4-1-9(13)8-18)20-11-5-2-10(19)3-6-11/h1,4,7,10-11H,2-3,5-6,19H2. The molecular weight excluding hydrogens is 285 g/mol. The van der Waals surface area contributed by atoms with Gasteiger partial charge in [-0.2, -0.15) is 5.26 Å². The van der Waals surface area contributed by atoms with Gasteiger partial charge in [0, 0.05) is 12.1 Å². The third-order valence-electron chi connectivity index (χ3n) is 3.32. The molecule has 0 radical (unpaired) electrons. The number of hydrogen-bond acceptors (Lipinski definition) is 4. The maximum absolute atomic E-state index is 12.3. The van der Waals surface area contributed by atoms with Crippen LogP contribution in [0.2, 0.25) is 0 Å². The second kappa shape index (κ2) is 6.22. The molecule has 1 saturated carbocycles. The van der Waals surface area contributed by atoms with Gasteiger partial charge in [0.2, 0.25) is 0 Å². The molecule has 4 nitrogen and oxygen atoms in total. The number of nitriles is 1. The molecule has 0 aliphatic heterocycles. The van der Waals surface area contributed by atoms with E-state index < -0.39 is 12.1 Å². The Balaban J connectivity index is 2.10. The first kappa shape index (κ1) is 15.4. The van der Waals surface area contributed by atoms with Gasteiger partial charge in [0.05, 0.1) is 11.7 Å². The summed E-state index contributed by atoms with van der Waals surface area (Å²) in [5, 5.41) is 8.80. The minimum absolute atomic E-state index is 0.0727. The van der Waals surface area contributed by atoms with Crippen molar-refractivity contribution in [2.24, 2.45) is 5.73 Å². The Morgan fingerprint density at radius 1 is 1.19 bits per heavy atom. The summed E-state index contributed by atoms with van der Waals surface area (Å²) in [6, 6.07) is 5.64. The van der Waals surface area contributed by atoms with Gasteiger partial charge in [0.15, 0.2) is 5.75 Å². The van der Waals surface area contributed by atoms with Crippen LogP contribution in [-0.4, -0.2) is 18.5 Å². The van der Waals surface area contributed by atoms with E-state index in [0.29, 0.717) is 0 Å². The molecule has 21 heavy (non-hydrogen) atoms. The van der Waals surface area contributed by atoms with Gasteiger partial charge in [-0.15, -0.1) is 13.2 Å². The van der Waals surface area contributed by atoms with Crippen LogP contribution in [0.3, 0.4) is 0 Å². The van der Waals surface area contributed by atoms with Crippen LogP contribution in [0.5, 0.6) is 11.5 Å². The number of ether oxygens (including phenoxy) is 2. The number of hydrogen-bond donors (Lipinski definition) is 1. The third kappa shape index (κ3) is 4.53. The van der Waals surface area contributed by atoms with Crippen LogP contribution in [0, 0.1) is 11.3 Å². The van der Waals surface area contributed by atoms with Crippen molar-refractivity contribution in [2.45, 2.75) is 44.2 Å². The predicted molar refractivity (Wildman–Crippen MR) is 68.7 cm³/mol. The lowest BCUT2D eigenvalue weighted by molar-refractivity contribution is -0.274. The highest BCUT2D eigenvalue weighted by Crippen LogP contribution is 2.31. The molecule has 0 amide bonds. The first-order valence-corrected chi connectivity index (χ1v) is 6.59. The van der Waals surface area contributed by atoms with E-state index >= 15 is 0 Å². The van der Waals surface area contributed by atoms with Gasteiger partial charge in [-0.05, 0) is 37.8 Å². The van der Waals surface area contributed by atoms with Crippen molar-refractivity contribution in [3.05, 3.63) is 23.8 Å². The summed E-state index contributed by atoms with van der Waals surface area (Å²) in [6.45, 7) is 0. The molecule has 114 valence electrons. The highest BCUT2D eigenvalue weighted by atomic mass is 19.4. The molecule has 2 rings (SSSR count). The van der Waals surface area contributed by atoms with Gasteiger partial charge in [-0.25, -0.2) is 0 Å². The molecule has 0 heterocycles. The molecule has 0 aromatic heterocycles. The fourth-order valence-corrected chi connectivity index (χ4v) is 2.28. The topological polar surface area (TPSA) is 68.3 Å². The molecule has 7 heteroatoms. The molecule has 0 spiro atoms. The van der Waals surface area contributed by atoms with E-state index in [0.717, 1.165) is 31.7 Å². The van der Waals surface area contributed by atoms with Crippen molar-refractivity contribution in [3.63, 3.8) is 0 Å². The number of nitrogens with zero attached hydrogens (tertiary/aromatic N) is 1. The summed E-state index contributed by atoms with van der Waals surface area (Å²) in [7, 11) is 0. The van der Waals surface area contributed by atoms with E-state index in [1.54, 1.807) is 6.07 Å². The van der Waals surface area contributed by atoms with Crippen LogP contribution in [0.4, 0.5) is 13.2 Å². The first-order chi connectivity index (χ1) is 9.87. The maximum Gasteiger partial charge on any atom is 0.573 e. The van der Waals surface area contributed by atoms with Crippen molar-refractivity contribution < 1.29 is 22.6 Å². The molecule has 1 aromatic carbocycles. The summed E-state index contributed by atoms with van der Waals surface area (Å²) < 4.78 is 46.4. The van der Waals surface area contributed by atoms with Gasteiger partial charge >= 0.3 is 6.36 Å². The second-order valence-corrected chi connectivity index (χ2v) is 4.97. The smallest absolute Gasteiger partial charge is 0.490 e. The molecule has 0 unspecified atom stereocenters. The lowest BCUT2D eigenvalue weighted by Gasteiger charge is -2.27. The second-order valence-electron chi connectivity index (χ2n) is 4.97. The van der Waals surface area contributed by atoms with E-state index in [2.05, 4.69) is 4.74 Å². The minimum atomic E-state index is -4.85. The average molecular weight is 300 g/mol. The van der Waals surface area contributed by atoms with Gasteiger partial charge in [-0.1, -0.05) is 0 Å². The Labute approximate surface area is 120 Å². The van der Waals surface area contributed by atoms with E-state index in [1.165, 1.54) is 12.1 Å². The zero-order valence-corrected chi connectivity index (χ0v) is 11.2. The highest BCUT2D eigenvalue weighted by molar-refractivity contribution is 5.47. The first-order valence-electron chi connectivity index (χ1n) is 6.59.